The molecule has 17 heavy (non-hydrogen) atoms. The summed E-state index contributed by atoms with van der Waals surface area (Å²) in [6.45, 7) is 4.30. The van der Waals surface area contributed by atoms with Gasteiger partial charge < -0.3 is 10.1 Å². The zero-order valence-corrected chi connectivity index (χ0v) is 10.7. The van der Waals surface area contributed by atoms with E-state index in [2.05, 4.69) is 10.1 Å². The Morgan fingerprint density at radius 2 is 2.29 bits per heavy atom. The summed E-state index contributed by atoms with van der Waals surface area (Å²) < 4.78 is 1.43. The predicted octanol–water partition coefficient (Wildman–Crippen LogP) is 2.57. The highest BCUT2D eigenvalue weighted by Crippen LogP contribution is 2.23. The molecule has 2 aromatic heterocycles. The summed E-state index contributed by atoms with van der Waals surface area (Å²) >= 11 is 7.25. The monoisotopic (exact) mass is 272 g/mol. The molecule has 2 aromatic rings. The zero-order chi connectivity index (χ0) is 12.6. The maximum atomic E-state index is 10.6. The van der Waals surface area contributed by atoms with Gasteiger partial charge in [-0.1, -0.05) is 11.6 Å². The number of aromatic nitrogens is 3. The standard InChI is InChI=1S/C9H9ClN4O2S/c1-5-6(2)17-8(11-5)4-13-3-7(10)9(12-13)14(15)16/h3H,4H2,1-2H3. The zero-order valence-electron chi connectivity index (χ0n) is 9.18. The molecule has 0 aromatic carbocycles. The molecule has 0 aliphatic heterocycles. The lowest BCUT2D eigenvalue weighted by molar-refractivity contribution is -0.389. The SMILES string of the molecule is Cc1nc(Cn2cc(Cl)c([N+](=O)[O-])n2)sc1C. The first-order valence-corrected chi connectivity index (χ1v) is 5.97. The normalized spacial score (nSPS) is 10.8. The van der Waals surface area contributed by atoms with Crippen molar-refractivity contribution in [3.8, 4) is 0 Å². The van der Waals surface area contributed by atoms with Gasteiger partial charge >= 0.3 is 5.82 Å². The molecule has 0 radical (unpaired) electrons. The molecule has 0 bridgehead atoms. The Morgan fingerprint density at radius 1 is 1.59 bits per heavy atom. The van der Waals surface area contributed by atoms with Crippen LogP contribution in [0.15, 0.2) is 6.20 Å². The van der Waals surface area contributed by atoms with Gasteiger partial charge in [0.2, 0.25) is 0 Å². The average molecular weight is 273 g/mol. The smallest absolute Gasteiger partial charge is 0.358 e. The van der Waals surface area contributed by atoms with Crippen LogP contribution in [0.2, 0.25) is 5.02 Å². The van der Waals surface area contributed by atoms with Crippen molar-refractivity contribution in [1.29, 1.82) is 0 Å². The first kappa shape index (κ1) is 12.0. The summed E-state index contributed by atoms with van der Waals surface area (Å²) in [7, 11) is 0. The Kier molecular flexibility index (Phi) is 3.12. The maximum absolute atomic E-state index is 10.6. The molecule has 0 saturated heterocycles. The van der Waals surface area contributed by atoms with Gasteiger partial charge in [-0.2, -0.15) is 4.68 Å². The van der Waals surface area contributed by atoms with Crippen LogP contribution in [0, 0.1) is 24.0 Å². The van der Waals surface area contributed by atoms with E-state index in [-0.39, 0.29) is 10.8 Å². The average Bonchev–Trinajstić information content (AvgIpc) is 2.72. The molecule has 0 N–H and O–H groups in total. The van der Waals surface area contributed by atoms with Crippen molar-refractivity contribution in [1.82, 2.24) is 14.8 Å². The van der Waals surface area contributed by atoms with Crippen molar-refractivity contribution < 1.29 is 4.92 Å². The number of nitro groups is 1. The van der Waals surface area contributed by atoms with Crippen LogP contribution in [0.1, 0.15) is 15.6 Å². The van der Waals surface area contributed by atoms with Crippen molar-refractivity contribution in [3.05, 3.63) is 36.9 Å². The number of aryl methyl sites for hydroxylation is 2. The molecule has 0 amide bonds. The number of hydrogen-bond donors (Lipinski definition) is 0. The highest BCUT2D eigenvalue weighted by molar-refractivity contribution is 7.11. The van der Waals surface area contributed by atoms with Gasteiger partial charge in [0.1, 0.15) is 11.6 Å². The van der Waals surface area contributed by atoms with E-state index in [9.17, 15) is 10.1 Å². The molecule has 2 rings (SSSR count). The molecular weight excluding hydrogens is 264 g/mol. The van der Waals surface area contributed by atoms with Crippen molar-refractivity contribution in [2.75, 3.05) is 0 Å². The topological polar surface area (TPSA) is 73.8 Å². The van der Waals surface area contributed by atoms with Crippen molar-refractivity contribution in [3.63, 3.8) is 0 Å². The largest absolute Gasteiger partial charge is 0.408 e. The molecule has 0 atom stereocenters. The van der Waals surface area contributed by atoms with Crippen molar-refractivity contribution >= 4 is 28.8 Å². The van der Waals surface area contributed by atoms with Crippen LogP contribution in [-0.2, 0) is 6.54 Å². The van der Waals surface area contributed by atoms with E-state index >= 15 is 0 Å². The van der Waals surface area contributed by atoms with Gasteiger partial charge in [0.05, 0.1) is 17.0 Å². The summed E-state index contributed by atoms with van der Waals surface area (Å²) in [5.41, 5.74) is 0.970. The third-order valence-electron chi connectivity index (χ3n) is 2.24. The van der Waals surface area contributed by atoms with Crippen LogP contribution >= 0.6 is 22.9 Å². The Morgan fingerprint density at radius 3 is 2.76 bits per heavy atom. The van der Waals surface area contributed by atoms with E-state index in [1.165, 1.54) is 10.9 Å². The number of rotatable bonds is 3. The highest BCUT2D eigenvalue weighted by atomic mass is 35.5. The van der Waals surface area contributed by atoms with Crippen LogP contribution in [0.25, 0.3) is 0 Å². The number of nitrogens with zero attached hydrogens (tertiary/aromatic N) is 4. The Labute approximate surface area is 106 Å². The molecule has 2 heterocycles. The summed E-state index contributed by atoms with van der Waals surface area (Å²) in [6.07, 6.45) is 1.44. The minimum atomic E-state index is -0.600. The van der Waals surface area contributed by atoms with Gasteiger partial charge in [-0.05, 0) is 18.8 Å². The minimum Gasteiger partial charge on any atom is -0.358 e. The molecule has 0 saturated carbocycles. The number of halogens is 1. The first-order valence-electron chi connectivity index (χ1n) is 4.77. The fourth-order valence-electron chi connectivity index (χ4n) is 1.34. The Hall–Kier alpha value is -1.47. The van der Waals surface area contributed by atoms with E-state index < -0.39 is 4.92 Å². The lowest BCUT2D eigenvalue weighted by Gasteiger charge is -1.90. The minimum absolute atomic E-state index is 0.0417. The Balaban J connectivity index is 2.24. The van der Waals surface area contributed by atoms with Gasteiger partial charge in [-0.25, -0.2) is 4.98 Å². The van der Waals surface area contributed by atoms with Crippen LogP contribution in [0.5, 0.6) is 0 Å². The van der Waals surface area contributed by atoms with Crippen LogP contribution in [-0.4, -0.2) is 19.7 Å². The summed E-state index contributed by atoms with van der Waals surface area (Å²) in [5.74, 6) is -0.323. The van der Waals surface area contributed by atoms with Gasteiger partial charge in [-0.3, -0.25) is 0 Å². The molecule has 0 unspecified atom stereocenters. The molecule has 0 fully saturated rings. The number of thiazole rings is 1. The molecule has 6 nitrogen and oxygen atoms in total. The molecule has 0 aliphatic carbocycles. The maximum Gasteiger partial charge on any atom is 0.408 e. The van der Waals surface area contributed by atoms with Crippen LogP contribution in [0.3, 0.4) is 0 Å². The Bertz CT molecular complexity index is 558. The summed E-state index contributed by atoms with van der Waals surface area (Å²) in [6, 6.07) is 0. The molecule has 8 heteroatoms. The first-order chi connectivity index (χ1) is 7.97. The summed E-state index contributed by atoms with van der Waals surface area (Å²) in [5, 5.41) is 15.3. The van der Waals surface area contributed by atoms with Gasteiger partial charge in [0.25, 0.3) is 0 Å². The van der Waals surface area contributed by atoms with E-state index in [4.69, 9.17) is 11.6 Å². The fraction of sp³-hybridized carbons (Fsp3) is 0.333. The third kappa shape index (κ3) is 2.45. The molecule has 0 aliphatic rings. The molecule has 0 spiro atoms. The highest BCUT2D eigenvalue weighted by Gasteiger charge is 2.19. The van der Waals surface area contributed by atoms with Gasteiger partial charge in [-0.15, -0.1) is 11.3 Å². The van der Waals surface area contributed by atoms with E-state index in [0.29, 0.717) is 6.54 Å². The second kappa shape index (κ2) is 4.42. The summed E-state index contributed by atoms with van der Waals surface area (Å²) in [4.78, 5) is 15.4. The van der Waals surface area contributed by atoms with Crippen LogP contribution in [0.4, 0.5) is 5.82 Å². The lowest BCUT2D eigenvalue weighted by atomic mass is 10.4. The molecular formula is C9H9ClN4O2S. The second-order valence-corrected chi connectivity index (χ2v) is 5.20. The molecule has 90 valence electrons. The fourth-order valence-corrected chi connectivity index (χ4v) is 2.48. The van der Waals surface area contributed by atoms with Crippen molar-refractivity contribution in [2.45, 2.75) is 20.4 Å². The number of hydrogen-bond acceptors (Lipinski definition) is 5. The van der Waals surface area contributed by atoms with E-state index in [0.717, 1.165) is 15.6 Å². The van der Waals surface area contributed by atoms with E-state index in [1.807, 2.05) is 13.8 Å². The van der Waals surface area contributed by atoms with Crippen LogP contribution < -0.4 is 0 Å². The second-order valence-electron chi connectivity index (χ2n) is 3.50. The quantitative estimate of drug-likeness (QED) is 0.636. The van der Waals surface area contributed by atoms with Crippen molar-refractivity contribution in [2.24, 2.45) is 0 Å². The van der Waals surface area contributed by atoms with Gasteiger partial charge in [0, 0.05) is 4.88 Å². The predicted molar refractivity (Wildman–Crippen MR) is 64.6 cm³/mol. The lowest BCUT2D eigenvalue weighted by Crippen LogP contribution is -2.00. The van der Waals surface area contributed by atoms with E-state index in [1.54, 1.807) is 11.3 Å². The third-order valence-corrected chi connectivity index (χ3v) is 3.57. The van der Waals surface area contributed by atoms with Gasteiger partial charge in [0.15, 0.2) is 5.02 Å².